The van der Waals surface area contributed by atoms with Gasteiger partial charge in [0.2, 0.25) is 0 Å². The molecule has 0 heterocycles. The smallest absolute Gasteiger partial charge is 0.335 e. The van der Waals surface area contributed by atoms with Crippen molar-refractivity contribution in [2.24, 2.45) is 0 Å². The van der Waals surface area contributed by atoms with Crippen molar-refractivity contribution >= 4 is 39.2 Å². The fraction of sp³-hybridized carbons (Fsp3) is 0.133. The number of ether oxygens (including phenoxy) is 1. The van der Waals surface area contributed by atoms with Gasteiger partial charge >= 0.3 is 5.97 Å². The number of aromatic carboxylic acids is 1. The Morgan fingerprint density at radius 1 is 1.33 bits per heavy atom. The molecule has 2 N–H and O–H groups in total. The maximum absolute atomic E-state index is 10.9. The van der Waals surface area contributed by atoms with Crippen molar-refractivity contribution in [3.8, 4) is 5.75 Å². The van der Waals surface area contributed by atoms with Crippen LogP contribution in [0.1, 0.15) is 15.9 Å². The fourth-order valence-corrected chi connectivity index (χ4v) is 2.52. The van der Waals surface area contributed by atoms with Crippen LogP contribution >= 0.6 is 27.5 Å². The number of nitrogens with one attached hydrogen (secondary N) is 1. The van der Waals surface area contributed by atoms with Gasteiger partial charge in [-0.15, -0.1) is 0 Å². The van der Waals surface area contributed by atoms with Gasteiger partial charge in [-0.1, -0.05) is 33.6 Å². The summed E-state index contributed by atoms with van der Waals surface area (Å²) in [6.07, 6.45) is 0. The maximum Gasteiger partial charge on any atom is 0.335 e. The van der Waals surface area contributed by atoms with E-state index < -0.39 is 5.97 Å². The van der Waals surface area contributed by atoms with Crippen molar-refractivity contribution in [3.05, 3.63) is 57.0 Å². The van der Waals surface area contributed by atoms with Gasteiger partial charge in [-0.2, -0.15) is 0 Å². The molecule has 2 aromatic carbocycles. The lowest BCUT2D eigenvalue weighted by Crippen LogP contribution is -2.03. The number of hydrogen-bond donors (Lipinski definition) is 2. The normalized spacial score (nSPS) is 10.2. The fourth-order valence-electron chi connectivity index (χ4n) is 1.83. The molecule has 6 heteroatoms. The summed E-state index contributed by atoms with van der Waals surface area (Å²) in [5.74, 6) is -0.260. The van der Waals surface area contributed by atoms with Crippen LogP contribution in [0.2, 0.25) is 5.02 Å². The highest BCUT2D eigenvalue weighted by molar-refractivity contribution is 9.10. The third kappa shape index (κ3) is 3.89. The second-order valence-electron chi connectivity index (χ2n) is 4.31. The van der Waals surface area contributed by atoms with Gasteiger partial charge in [0.05, 0.1) is 18.4 Å². The number of benzene rings is 2. The molecular formula is C15H13BrClNO3. The second kappa shape index (κ2) is 6.83. The van der Waals surface area contributed by atoms with Gasteiger partial charge in [-0.05, 0) is 35.9 Å². The zero-order valence-electron chi connectivity index (χ0n) is 11.2. The Kier molecular flexibility index (Phi) is 5.09. The first-order valence-electron chi connectivity index (χ1n) is 6.10. The van der Waals surface area contributed by atoms with Crippen molar-refractivity contribution in [3.63, 3.8) is 0 Å². The van der Waals surface area contributed by atoms with E-state index in [1.165, 1.54) is 0 Å². The summed E-state index contributed by atoms with van der Waals surface area (Å²) in [6, 6.07) is 10.2. The first-order chi connectivity index (χ1) is 10.0. The van der Waals surface area contributed by atoms with Gasteiger partial charge in [0.25, 0.3) is 0 Å². The highest BCUT2D eigenvalue weighted by Gasteiger charge is 2.08. The third-order valence-corrected chi connectivity index (χ3v) is 3.90. The molecule has 0 spiro atoms. The van der Waals surface area contributed by atoms with Crippen molar-refractivity contribution in [1.82, 2.24) is 0 Å². The first kappa shape index (κ1) is 15.7. The Bertz CT molecular complexity index is 676. The standard InChI is InChI=1S/C15H13BrClNO3/c1-21-14-5-4-11(17)7-13(14)18-8-10-3-2-9(15(19)20)6-12(10)16/h2-7,18H,8H2,1H3,(H,19,20). The van der Waals surface area contributed by atoms with E-state index in [0.29, 0.717) is 17.3 Å². The SMILES string of the molecule is COc1ccc(Cl)cc1NCc1ccc(C(=O)O)cc1Br. The maximum atomic E-state index is 10.9. The number of carboxylic acid groups (broad SMARTS) is 1. The van der Waals surface area contributed by atoms with Crippen molar-refractivity contribution in [2.45, 2.75) is 6.54 Å². The third-order valence-electron chi connectivity index (χ3n) is 2.93. The molecular weight excluding hydrogens is 358 g/mol. The lowest BCUT2D eigenvalue weighted by atomic mass is 10.1. The summed E-state index contributed by atoms with van der Waals surface area (Å²) in [7, 11) is 1.59. The van der Waals surface area contributed by atoms with E-state index in [2.05, 4.69) is 21.2 Å². The van der Waals surface area contributed by atoms with Crippen LogP contribution in [0.5, 0.6) is 5.75 Å². The average Bonchev–Trinajstić information content (AvgIpc) is 2.46. The van der Waals surface area contributed by atoms with E-state index in [0.717, 1.165) is 15.7 Å². The number of rotatable bonds is 5. The Labute approximate surface area is 135 Å². The molecule has 0 aliphatic carbocycles. The van der Waals surface area contributed by atoms with Crippen molar-refractivity contribution < 1.29 is 14.6 Å². The van der Waals surface area contributed by atoms with E-state index in [9.17, 15) is 4.79 Å². The molecule has 0 radical (unpaired) electrons. The Morgan fingerprint density at radius 3 is 2.71 bits per heavy atom. The molecule has 0 saturated heterocycles. The van der Waals surface area contributed by atoms with Crippen molar-refractivity contribution in [1.29, 1.82) is 0 Å². The first-order valence-corrected chi connectivity index (χ1v) is 7.27. The van der Waals surface area contributed by atoms with Crippen LogP contribution in [-0.2, 0) is 6.54 Å². The van der Waals surface area contributed by atoms with E-state index in [1.54, 1.807) is 43.5 Å². The molecule has 110 valence electrons. The predicted octanol–water partition coefficient (Wildman–Crippen LogP) is 4.42. The molecule has 0 bridgehead atoms. The lowest BCUT2D eigenvalue weighted by molar-refractivity contribution is 0.0697. The highest BCUT2D eigenvalue weighted by Crippen LogP contribution is 2.29. The van der Waals surface area contributed by atoms with Gasteiger partial charge in [0.1, 0.15) is 5.75 Å². The van der Waals surface area contributed by atoms with Gasteiger partial charge < -0.3 is 15.2 Å². The Morgan fingerprint density at radius 2 is 2.10 bits per heavy atom. The number of hydrogen-bond acceptors (Lipinski definition) is 3. The molecule has 0 aliphatic heterocycles. The quantitative estimate of drug-likeness (QED) is 0.818. The lowest BCUT2D eigenvalue weighted by Gasteiger charge is -2.12. The molecule has 0 fully saturated rings. The number of methoxy groups -OCH3 is 1. The van der Waals surface area contributed by atoms with E-state index >= 15 is 0 Å². The topological polar surface area (TPSA) is 58.6 Å². The summed E-state index contributed by atoms with van der Waals surface area (Å²) in [5, 5.41) is 12.8. The molecule has 0 atom stereocenters. The molecule has 2 aromatic rings. The minimum atomic E-state index is -0.952. The summed E-state index contributed by atoms with van der Waals surface area (Å²) >= 11 is 9.35. The largest absolute Gasteiger partial charge is 0.495 e. The van der Waals surface area contributed by atoms with E-state index in [4.69, 9.17) is 21.4 Å². The van der Waals surface area contributed by atoms with Crippen LogP contribution < -0.4 is 10.1 Å². The summed E-state index contributed by atoms with van der Waals surface area (Å²) in [6.45, 7) is 0.511. The Balaban J connectivity index is 2.17. The zero-order valence-corrected chi connectivity index (χ0v) is 13.5. The van der Waals surface area contributed by atoms with Gasteiger partial charge in [-0.25, -0.2) is 4.79 Å². The average molecular weight is 371 g/mol. The zero-order chi connectivity index (χ0) is 15.4. The van der Waals surface area contributed by atoms with Crippen LogP contribution in [0, 0.1) is 0 Å². The van der Waals surface area contributed by atoms with Crippen LogP contribution in [0.25, 0.3) is 0 Å². The minimum absolute atomic E-state index is 0.242. The summed E-state index contributed by atoms with van der Waals surface area (Å²) < 4.78 is 5.99. The molecule has 0 saturated carbocycles. The monoisotopic (exact) mass is 369 g/mol. The molecule has 0 aromatic heterocycles. The highest BCUT2D eigenvalue weighted by atomic mass is 79.9. The molecule has 2 rings (SSSR count). The number of anilines is 1. The molecule has 0 unspecified atom stereocenters. The second-order valence-corrected chi connectivity index (χ2v) is 5.60. The van der Waals surface area contributed by atoms with E-state index in [1.807, 2.05) is 0 Å². The van der Waals surface area contributed by atoms with Gasteiger partial charge in [0, 0.05) is 16.0 Å². The number of carbonyl (C=O) groups is 1. The molecule has 21 heavy (non-hydrogen) atoms. The summed E-state index contributed by atoms with van der Waals surface area (Å²) in [4.78, 5) is 10.9. The molecule has 0 aliphatic rings. The van der Waals surface area contributed by atoms with Gasteiger partial charge in [0.15, 0.2) is 0 Å². The van der Waals surface area contributed by atoms with Crippen LogP contribution in [-0.4, -0.2) is 18.2 Å². The van der Waals surface area contributed by atoms with Gasteiger partial charge in [-0.3, -0.25) is 0 Å². The Hall–Kier alpha value is -1.72. The van der Waals surface area contributed by atoms with Crippen LogP contribution in [0.15, 0.2) is 40.9 Å². The number of carboxylic acids is 1. The van der Waals surface area contributed by atoms with Crippen LogP contribution in [0.4, 0.5) is 5.69 Å². The van der Waals surface area contributed by atoms with Crippen molar-refractivity contribution in [2.75, 3.05) is 12.4 Å². The number of halogens is 2. The van der Waals surface area contributed by atoms with Crippen LogP contribution in [0.3, 0.4) is 0 Å². The predicted molar refractivity (Wildman–Crippen MR) is 86.4 cm³/mol. The van der Waals surface area contributed by atoms with E-state index in [-0.39, 0.29) is 5.56 Å². The summed E-state index contributed by atoms with van der Waals surface area (Å²) in [5.41, 5.74) is 1.95. The molecule has 0 amide bonds. The minimum Gasteiger partial charge on any atom is -0.495 e. The molecule has 4 nitrogen and oxygen atoms in total.